The lowest BCUT2D eigenvalue weighted by Gasteiger charge is -2.26. The Bertz CT molecular complexity index is 847. The maximum absolute atomic E-state index is 13.0. The lowest BCUT2D eigenvalue weighted by atomic mass is 10.1. The first-order chi connectivity index (χ1) is 12.6. The van der Waals surface area contributed by atoms with E-state index >= 15 is 0 Å². The molecule has 0 aromatic heterocycles. The topological polar surface area (TPSA) is 69.7 Å². The van der Waals surface area contributed by atoms with Crippen molar-refractivity contribution < 1.29 is 14.4 Å². The fourth-order valence-corrected chi connectivity index (χ4v) is 2.70. The van der Waals surface area contributed by atoms with E-state index in [1.807, 2.05) is 6.07 Å². The molecule has 0 saturated carbocycles. The van der Waals surface area contributed by atoms with Gasteiger partial charge in [-0.15, -0.1) is 0 Å². The van der Waals surface area contributed by atoms with Gasteiger partial charge in [-0.3, -0.25) is 9.59 Å². The molecule has 0 bridgehead atoms. The van der Waals surface area contributed by atoms with Crippen LogP contribution in [0.1, 0.15) is 6.42 Å². The number of hydrogen-bond acceptors (Lipinski definition) is 3. The molecule has 0 atom stereocenters. The summed E-state index contributed by atoms with van der Waals surface area (Å²) in [4.78, 5) is 40.7. The van der Waals surface area contributed by atoms with E-state index in [2.05, 4.69) is 5.32 Å². The molecule has 26 heavy (non-hydrogen) atoms. The average Bonchev–Trinajstić information content (AvgIpc) is 2.66. The quantitative estimate of drug-likeness (QED) is 0.866. The SMILES string of the molecule is CN1CCC=C(C(=O)N(C(=O)Nc2ccccc2)c2ccccc2)C1=O. The summed E-state index contributed by atoms with van der Waals surface area (Å²) in [6, 6.07) is 16.8. The molecule has 1 heterocycles. The minimum absolute atomic E-state index is 0.00538. The summed E-state index contributed by atoms with van der Waals surface area (Å²) in [6.07, 6.45) is 2.17. The molecule has 0 unspecified atom stereocenters. The number of para-hydroxylation sites is 2. The van der Waals surface area contributed by atoms with Crippen molar-refractivity contribution in [1.29, 1.82) is 0 Å². The molecule has 6 nitrogen and oxygen atoms in total. The van der Waals surface area contributed by atoms with Crippen molar-refractivity contribution in [2.45, 2.75) is 6.42 Å². The van der Waals surface area contributed by atoms with E-state index in [1.165, 1.54) is 4.90 Å². The van der Waals surface area contributed by atoms with E-state index in [-0.39, 0.29) is 11.5 Å². The number of anilines is 2. The molecule has 1 aliphatic heterocycles. The van der Waals surface area contributed by atoms with Crippen LogP contribution in [0.5, 0.6) is 0 Å². The normalized spacial score (nSPS) is 13.8. The van der Waals surface area contributed by atoms with Crippen molar-refractivity contribution in [3.05, 3.63) is 72.3 Å². The summed E-state index contributed by atoms with van der Waals surface area (Å²) < 4.78 is 0. The second kappa shape index (κ2) is 7.65. The Morgan fingerprint density at radius 1 is 1.00 bits per heavy atom. The Morgan fingerprint density at radius 2 is 1.62 bits per heavy atom. The van der Waals surface area contributed by atoms with Gasteiger partial charge in [-0.05, 0) is 30.7 Å². The van der Waals surface area contributed by atoms with Crippen LogP contribution in [0.3, 0.4) is 0 Å². The molecule has 3 rings (SSSR count). The first kappa shape index (κ1) is 17.4. The molecule has 0 fully saturated rings. The van der Waals surface area contributed by atoms with Gasteiger partial charge >= 0.3 is 6.03 Å². The standard InChI is InChI=1S/C20H19N3O3/c1-22-14-8-13-17(18(22)24)19(25)23(16-11-6-3-7-12-16)20(26)21-15-9-4-2-5-10-15/h2-7,9-13H,8,14H2,1H3,(H,21,26). The fourth-order valence-electron chi connectivity index (χ4n) is 2.70. The lowest BCUT2D eigenvalue weighted by Crippen LogP contribution is -2.45. The number of urea groups is 1. The molecule has 132 valence electrons. The first-order valence-corrected chi connectivity index (χ1v) is 8.29. The summed E-state index contributed by atoms with van der Waals surface area (Å²) in [5.74, 6) is -1.02. The number of nitrogens with one attached hydrogen (secondary N) is 1. The van der Waals surface area contributed by atoms with E-state index in [9.17, 15) is 14.4 Å². The molecule has 0 aliphatic carbocycles. The van der Waals surface area contributed by atoms with Crippen molar-refractivity contribution in [2.75, 3.05) is 23.8 Å². The van der Waals surface area contributed by atoms with Crippen LogP contribution in [0.4, 0.5) is 16.2 Å². The second-order valence-electron chi connectivity index (χ2n) is 5.91. The highest BCUT2D eigenvalue weighted by Crippen LogP contribution is 2.21. The Hall–Kier alpha value is -3.41. The predicted octanol–water partition coefficient (Wildman–Crippen LogP) is 3.04. The van der Waals surface area contributed by atoms with Gasteiger partial charge in [0.05, 0.1) is 5.69 Å². The van der Waals surface area contributed by atoms with E-state index in [0.29, 0.717) is 24.3 Å². The van der Waals surface area contributed by atoms with Gasteiger partial charge in [0.25, 0.3) is 11.8 Å². The fraction of sp³-hybridized carbons (Fsp3) is 0.150. The van der Waals surface area contributed by atoms with Crippen LogP contribution >= 0.6 is 0 Å². The van der Waals surface area contributed by atoms with E-state index < -0.39 is 11.9 Å². The predicted molar refractivity (Wildman–Crippen MR) is 99.7 cm³/mol. The highest BCUT2D eigenvalue weighted by molar-refractivity contribution is 6.32. The Labute approximate surface area is 151 Å². The van der Waals surface area contributed by atoms with Crippen LogP contribution in [0, 0.1) is 0 Å². The molecule has 1 N–H and O–H groups in total. The molecule has 6 heteroatoms. The highest BCUT2D eigenvalue weighted by atomic mass is 16.2. The average molecular weight is 349 g/mol. The van der Waals surface area contributed by atoms with Crippen molar-refractivity contribution in [2.24, 2.45) is 0 Å². The number of rotatable bonds is 3. The molecule has 2 aromatic rings. The molecule has 4 amide bonds. The van der Waals surface area contributed by atoms with Gasteiger partial charge in [0.15, 0.2) is 0 Å². The second-order valence-corrected chi connectivity index (χ2v) is 5.91. The number of nitrogens with zero attached hydrogens (tertiary/aromatic N) is 2. The van der Waals surface area contributed by atoms with E-state index in [4.69, 9.17) is 0 Å². The number of benzene rings is 2. The van der Waals surface area contributed by atoms with Crippen molar-refractivity contribution in [1.82, 2.24) is 4.90 Å². The summed E-state index contributed by atoms with van der Waals surface area (Å²) in [5.41, 5.74) is 0.964. The minimum atomic E-state index is -0.638. The molecule has 0 saturated heterocycles. The number of amides is 4. The van der Waals surface area contributed by atoms with Gasteiger partial charge in [0.1, 0.15) is 5.57 Å². The lowest BCUT2D eigenvalue weighted by molar-refractivity contribution is -0.129. The van der Waals surface area contributed by atoms with Gasteiger partial charge < -0.3 is 10.2 Å². The maximum atomic E-state index is 13.0. The van der Waals surface area contributed by atoms with Crippen molar-refractivity contribution >= 4 is 29.2 Å². The largest absolute Gasteiger partial charge is 0.341 e. The number of hydrogen-bond donors (Lipinski definition) is 1. The van der Waals surface area contributed by atoms with Gasteiger partial charge in [0.2, 0.25) is 0 Å². The van der Waals surface area contributed by atoms with Crippen LogP contribution < -0.4 is 10.2 Å². The maximum Gasteiger partial charge on any atom is 0.333 e. The number of carbonyl (C=O) groups is 3. The van der Waals surface area contributed by atoms with Crippen LogP contribution in [0.25, 0.3) is 0 Å². The molecular formula is C20H19N3O3. The summed E-state index contributed by atoms with van der Waals surface area (Å²) in [5, 5.41) is 2.70. The van der Waals surface area contributed by atoms with Crippen LogP contribution in [0.15, 0.2) is 72.3 Å². The Balaban J connectivity index is 1.94. The zero-order valence-electron chi connectivity index (χ0n) is 14.4. The molecule has 1 aliphatic rings. The number of carbonyl (C=O) groups excluding carboxylic acids is 3. The summed E-state index contributed by atoms with van der Waals surface area (Å²) in [6.45, 7) is 0.553. The molecule has 2 aromatic carbocycles. The third-order valence-electron chi connectivity index (χ3n) is 4.07. The highest BCUT2D eigenvalue weighted by Gasteiger charge is 2.32. The molecular weight excluding hydrogens is 330 g/mol. The minimum Gasteiger partial charge on any atom is -0.341 e. The monoisotopic (exact) mass is 349 g/mol. The van der Waals surface area contributed by atoms with Crippen LogP contribution in [-0.2, 0) is 9.59 Å². The smallest absolute Gasteiger partial charge is 0.333 e. The number of likely N-dealkylation sites (N-methyl/N-ethyl adjacent to an activating group) is 1. The van der Waals surface area contributed by atoms with Crippen LogP contribution in [-0.4, -0.2) is 36.3 Å². The third kappa shape index (κ3) is 3.64. The van der Waals surface area contributed by atoms with Crippen molar-refractivity contribution in [3.8, 4) is 0 Å². The summed E-state index contributed by atoms with van der Waals surface area (Å²) in [7, 11) is 1.64. The van der Waals surface area contributed by atoms with Crippen LogP contribution in [0.2, 0.25) is 0 Å². The van der Waals surface area contributed by atoms with E-state index in [0.717, 1.165) is 4.90 Å². The Kier molecular flexibility index (Phi) is 5.12. The Morgan fingerprint density at radius 3 is 2.27 bits per heavy atom. The van der Waals surface area contributed by atoms with Gasteiger partial charge in [-0.2, -0.15) is 0 Å². The zero-order chi connectivity index (χ0) is 18.5. The van der Waals surface area contributed by atoms with E-state index in [1.54, 1.807) is 67.7 Å². The summed E-state index contributed by atoms with van der Waals surface area (Å²) >= 11 is 0. The molecule has 0 spiro atoms. The van der Waals surface area contributed by atoms with Gasteiger partial charge in [0, 0.05) is 19.3 Å². The van der Waals surface area contributed by atoms with Gasteiger partial charge in [-0.1, -0.05) is 42.5 Å². The van der Waals surface area contributed by atoms with Gasteiger partial charge in [-0.25, -0.2) is 9.69 Å². The first-order valence-electron chi connectivity index (χ1n) is 8.29. The zero-order valence-corrected chi connectivity index (χ0v) is 14.4. The van der Waals surface area contributed by atoms with Crippen molar-refractivity contribution in [3.63, 3.8) is 0 Å². The number of imide groups is 1. The molecule has 0 radical (unpaired) electrons. The third-order valence-corrected chi connectivity index (χ3v) is 4.07.